The van der Waals surface area contributed by atoms with Gasteiger partial charge in [0.25, 0.3) is 0 Å². The molecule has 0 unspecified atom stereocenters. The first-order chi connectivity index (χ1) is 10.9. The second-order valence-corrected chi connectivity index (χ2v) is 5.26. The predicted molar refractivity (Wildman–Crippen MR) is 80.5 cm³/mol. The van der Waals surface area contributed by atoms with E-state index in [1.165, 1.54) is 11.7 Å². The van der Waals surface area contributed by atoms with Gasteiger partial charge in [0.15, 0.2) is 0 Å². The van der Waals surface area contributed by atoms with Gasteiger partial charge in [0, 0.05) is 31.7 Å². The fourth-order valence-corrected chi connectivity index (χ4v) is 2.47. The first-order valence-electron chi connectivity index (χ1n) is 7.07. The second-order valence-electron chi connectivity index (χ2n) is 5.26. The maximum absolute atomic E-state index is 12.9. The van der Waals surface area contributed by atoms with Crippen LogP contribution in [0.4, 0.5) is 13.2 Å². The third-order valence-electron chi connectivity index (χ3n) is 3.66. The molecule has 2 aromatic heterocycles. The standard InChI is InChI=1S/C16H15F3N4/c1-23-15(13(9-22-23)16(17,18)19)10-20-8-11-4-5-14-12(7-11)3-2-6-21-14/h2-7,9,20H,8,10H2,1H3. The Hall–Kier alpha value is -2.41. The summed E-state index contributed by atoms with van der Waals surface area (Å²) < 4.78 is 39.9. The highest BCUT2D eigenvalue weighted by atomic mass is 19.4. The van der Waals surface area contributed by atoms with E-state index in [1.807, 2.05) is 30.3 Å². The van der Waals surface area contributed by atoms with Crippen LogP contribution in [0.25, 0.3) is 10.9 Å². The molecule has 3 aromatic rings. The SMILES string of the molecule is Cn1ncc(C(F)(F)F)c1CNCc1ccc2ncccc2c1. The molecular weight excluding hydrogens is 305 g/mol. The van der Waals surface area contributed by atoms with E-state index < -0.39 is 11.7 Å². The average molecular weight is 320 g/mol. The Kier molecular flexibility index (Phi) is 4.04. The highest BCUT2D eigenvalue weighted by Gasteiger charge is 2.35. The Morgan fingerprint density at radius 1 is 1.17 bits per heavy atom. The lowest BCUT2D eigenvalue weighted by Crippen LogP contribution is -2.19. The lowest BCUT2D eigenvalue weighted by Gasteiger charge is -2.10. The molecule has 0 saturated carbocycles. The van der Waals surface area contributed by atoms with Gasteiger partial charge in [-0.3, -0.25) is 9.67 Å². The molecule has 0 spiro atoms. The van der Waals surface area contributed by atoms with E-state index in [-0.39, 0.29) is 12.2 Å². The molecule has 0 radical (unpaired) electrons. The number of aryl methyl sites for hydroxylation is 1. The molecule has 0 atom stereocenters. The van der Waals surface area contributed by atoms with Crippen LogP contribution in [0.1, 0.15) is 16.8 Å². The third-order valence-corrected chi connectivity index (χ3v) is 3.66. The van der Waals surface area contributed by atoms with E-state index in [0.717, 1.165) is 22.7 Å². The number of hydrogen-bond acceptors (Lipinski definition) is 3. The molecule has 4 nitrogen and oxygen atoms in total. The Morgan fingerprint density at radius 3 is 2.78 bits per heavy atom. The van der Waals surface area contributed by atoms with Crippen LogP contribution in [-0.4, -0.2) is 14.8 Å². The number of fused-ring (bicyclic) bond motifs is 1. The van der Waals surface area contributed by atoms with Crippen LogP contribution in [0.3, 0.4) is 0 Å². The maximum Gasteiger partial charge on any atom is 0.419 e. The smallest absolute Gasteiger partial charge is 0.307 e. The number of nitrogens with one attached hydrogen (secondary N) is 1. The number of pyridine rings is 1. The number of alkyl halides is 3. The van der Waals surface area contributed by atoms with Gasteiger partial charge in [0.2, 0.25) is 0 Å². The summed E-state index contributed by atoms with van der Waals surface area (Å²) >= 11 is 0. The molecular formula is C16H15F3N4. The Labute approximate surface area is 131 Å². The lowest BCUT2D eigenvalue weighted by atomic mass is 10.1. The first-order valence-corrected chi connectivity index (χ1v) is 7.07. The zero-order valence-corrected chi connectivity index (χ0v) is 12.4. The van der Waals surface area contributed by atoms with E-state index in [1.54, 1.807) is 6.20 Å². The predicted octanol–water partition coefficient (Wildman–Crippen LogP) is 3.28. The number of nitrogens with zero attached hydrogens (tertiary/aromatic N) is 3. The van der Waals surface area contributed by atoms with Crippen molar-refractivity contribution in [3.05, 3.63) is 59.5 Å². The summed E-state index contributed by atoms with van der Waals surface area (Å²) in [4.78, 5) is 4.24. The zero-order chi connectivity index (χ0) is 16.4. The van der Waals surface area contributed by atoms with Crippen molar-refractivity contribution in [2.75, 3.05) is 0 Å². The van der Waals surface area contributed by atoms with Gasteiger partial charge in [-0.2, -0.15) is 18.3 Å². The molecule has 1 aromatic carbocycles. The van der Waals surface area contributed by atoms with Gasteiger partial charge in [0.05, 0.1) is 23.0 Å². The van der Waals surface area contributed by atoms with Gasteiger partial charge in [-0.1, -0.05) is 12.1 Å². The molecule has 3 rings (SSSR count). The minimum atomic E-state index is -4.39. The van der Waals surface area contributed by atoms with Gasteiger partial charge in [-0.05, 0) is 23.8 Å². The molecule has 0 aliphatic heterocycles. The minimum Gasteiger partial charge on any atom is -0.307 e. The number of aromatic nitrogens is 3. The third kappa shape index (κ3) is 3.34. The molecule has 0 aliphatic carbocycles. The summed E-state index contributed by atoms with van der Waals surface area (Å²) in [5.74, 6) is 0. The quantitative estimate of drug-likeness (QED) is 0.802. The summed E-state index contributed by atoms with van der Waals surface area (Å²) in [6, 6.07) is 9.59. The molecule has 0 aliphatic rings. The zero-order valence-electron chi connectivity index (χ0n) is 12.4. The highest BCUT2D eigenvalue weighted by molar-refractivity contribution is 5.78. The average Bonchev–Trinajstić information content (AvgIpc) is 2.88. The van der Waals surface area contributed by atoms with Crippen LogP contribution in [0, 0.1) is 0 Å². The van der Waals surface area contributed by atoms with Crippen molar-refractivity contribution in [3.8, 4) is 0 Å². The van der Waals surface area contributed by atoms with E-state index in [2.05, 4.69) is 15.4 Å². The molecule has 1 N–H and O–H groups in total. The lowest BCUT2D eigenvalue weighted by molar-refractivity contribution is -0.138. The normalized spacial score (nSPS) is 12.0. The van der Waals surface area contributed by atoms with Crippen molar-refractivity contribution in [2.45, 2.75) is 19.3 Å². The van der Waals surface area contributed by atoms with Crippen molar-refractivity contribution in [1.82, 2.24) is 20.1 Å². The minimum absolute atomic E-state index is 0.0937. The van der Waals surface area contributed by atoms with Gasteiger partial charge in [-0.15, -0.1) is 0 Å². The van der Waals surface area contributed by atoms with E-state index in [0.29, 0.717) is 6.54 Å². The van der Waals surface area contributed by atoms with Gasteiger partial charge < -0.3 is 5.32 Å². The highest BCUT2D eigenvalue weighted by Crippen LogP contribution is 2.31. The van der Waals surface area contributed by atoms with Crippen molar-refractivity contribution in [1.29, 1.82) is 0 Å². The van der Waals surface area contributed by atoms with Crippen LogP contribution >= 0.6 is 0 Å². The van der Waals surface area contributed by atoms with E-state index in [9.17, 15) is 13.2 Å². The second kappa shape index (κ2) is 6.00. The number of hydrogen-bond donors (Lipinski definition) is 1. The molecule has 2 heterocycles. The van der Waals surface area contributed by atoms with E-state index >= 15 is 0 Å². The Bertz CT molecular complexity index is 824. The summed E-state index contributed by atoms with van der Waals surface area (Å²) in [5.41, 5.74) is 1.30. The number of benzene rings is 1. The van der Waals surface area contributed by atoms with Crippen LogP contribution < -0.4 is 5.32 Å². The topological polar surface area (TPSA) is 42.7 Å². The first kappa shape index (κ1) is 15.5. The van der Waals surface area contributed by atoms with Crippen molar-refractivity contribution in [2.24, 2.45) is 7.05 Å². The molecule has 120 valence electrons. The Balaban J connectivity index is 1.70. The van der Waals surface area contributed by atoms with Gasteiger partial charge in [0.1, 0.15) is 0 Å². The fraction of sp³-hybridized carbons (Fsp3) is 0.250. The summed E-state index contributed by atoms with van der Waals surface area (Å²) in [7, 11) is 1.51. The maximum atomic E-state index is 12.9. The summed E-state index contributed by atoms with van der Waals surface area (Å²) in [5, 5.41) is 7.74. The van der Waals surface area contributed by atoms with Crippen LogP contribution in [0.15, 0.2) is 42.7 Å². The number of rotatable bonds is 4. The fourth-order valence-electron chi connectivity index (χ4n) is 2.47. The molecule has 0 saturated heterocycles. The van der Waals surface area contributed by atoms with Crippen molar-refractivity contribution < 1.29 is 13.2 Å². The number of halogens is 3. The van der Waals surface area contributed by atoms with Crippen LogP contribution in [-0.2, 0) is 26.3 Å². The van der Waals surface area contributed by atoms with E-state index in [4.69, 9.17) is 0 Å². The van der Waals surface area contributed by atoms with Crippen LogP contribution in [0.5, 0.6) is 0 Å². The molecule has 7 heteroatoms. The summed E-state index contributed by atoms with van der Waals surface area (Å²) in [6.07, 6.45) is -1.81. The van der Waals surface area contributed by atoms with Gasteiger partial charge in [-0.25, -0.2) is 0 Å². The van der Waals surface area contributed by atoms with Crippen LogP contribution in [0.2, 0.25) is 0 Å². The molecule has 0 amide bonds. The largest absolute Gasteiger partial charge is 0.419 e. The van der Waals surface area contributed by atoms with Crippen molar-refractivity contribution in [3.63, 3.8) is 0 Å². The summed E-state index contributed by atoms with van der Waals surface area (Å²) in [6.45, 7) is 0.559. The van der Waals surface area contributed by atoms with Crippen molar-refractivity contribution >= 4 is 10.9 Å². The Morgan fingerprint density at radius 2 is 2.00 bits per heavy atom. The molecule has 0 fully saturated rings. The molecule has 0 bridgehead atoms. The van der Waals surface area contributed by atoms with Gasteiger partial charge >= 0.3 is 6.18 Å². The monoisotopic (exact) mass is 320 g/mol. The molecule has 23 heavy (non-hydrogen) atoms.